The van der Waals surface area contributed by atoms with Gasteiger partial charge < -0.3 is 5.32 Å². The fourth-order valence-electron chi connectivity index (χ4n) is 2.57. The summed E-state index contributed by atoms with van der Waals surface area (Å²) in [5.74, 6) is -0.151. The molecule has 0 radical (unpaired) electrons. The predicted octanol–water partition coefficient (Wildman–Crippen LogP) is 3.19. The second kappa shape index (κ2) is 7.07. The smallest absolute Gasteiger partial charge is 0.243 e. The Balaban J connectivity index is 1.88. The molecule has 9 heteroatoms. The van der Waals surface area contributed by atoms with Gasteiger partial charge in [0.1, 0.15) is 0 Å². The van der Waals surface area contributed by atoms with Crippen molar-refractivity contribution >= 4 is 58.5 Å². The van der Waals surface area contributed by atoms with Crippen LogP contribution in [-0.4, -0.2) is 41.5 Å². The van der Waals surface area contributed by atoms with E-state index < -0.39 is 10.0 Å². The molecular weight excluding hydrogens is 414 g/mol. The molecule has 1 aromatic carbocycles. The van der Waals surface area contributed by atoms with Gasteiger partial charge in [-0.3, -0.25) is 4.79 Å². The van der Waals surface area contributed by atoms with E-state index >= 15 is 0 Å². The minimum Gasteiger partial charge on any atom is -0.301 e. The predicted molar refractivity (Wildman–Crippen MR) is 99.2 cm³/mol. The first-order valence-corrected chi connectivity index (χ1v) is 10.9. The number of nitrogens with one attached hydrogen (secondary N) is 1. The third kappa shape index (κ3) is 3.49. The van der Waals surface area contributed by atoms with Gasteiger partial charge in [-0.05, 0) is 37.5 Å². The van der Waals surface area contributed by atoms with Crippen LogP contribution in [0.5, 0.6) is 0 Å². The summed E-state index contributed by atoms with van der Waals surface area (Å²) in [4.78, 5) is 16.3. The van der Waals surface area contributed by atoms with Gasteiger partial charge >= 0.3 is 0 Å². The lowest BCUT2D eigenvalue weighted by Crippen LogP contribution is -2.27. The van der Waals surface area contributed by atoms with Crippen LogP contribution in [0, 0.1) is 0 Å². The Labute approximate surface area is 153 Å². The zero-order valence-electron chi connectivity index (χ0n) is 13.2. The number of anilines is 1. The molecule has 2 aromatic rings. The van der Waals surface area contributed by atoms with Crippen molar-refractivity contribution in [1.82, 2.24) is 9.29 Å². The van der Waals surface area contributed by atoms with Crippen LogP contribution in [0.1, 0.15) is 26.2 Å². The first-order chi connectivity index (χ1) is 11.4. The number of hydrogen-bond donors (Lipinski definition) is 1. The molecule has 0 aliphatic carbocycles. The number of benzene rings is 1. The Hall–Kier alpha value is -1.03. The number of amides is 1. The number of halogens is 1. The van der Waals surface area contributed by atoms with E-state index in [1.54, 1.807) is 18.2 Å². The van der Waals surface area contributed by atoms with Crippen molar-refractivity contribution in [3.05, 3.63) is 18.2 Å². The van der Waals surface area contributed by atoms with E-state index in [-0.39, 0.29) is 15.6 Å². The summed E-state index contributed by atoms with van der Waals surface area (Å²) in [5.41, 5.74) is 0.679. The number of carbonyl (C=O) groups is 1. The van der Waals surface area contributed by atoms with Crippen molar-refractivity contribution in [3.8, 4) is 0 Å². The van der Waals surface area contributed by atoms with E-state index in [0.717, 1.165) is 17.5 Å². The zero-order chi connectivity index (χ0) is 17.3. The van der Waals surface area contributed by atoms with Gasteiger partial charge in [0.15, 0.2) is 5.13 Å². The van der Waals surface area contributed by atoms with E-state index in [4.69, 9.17) is 0 Å². The van der Waals surface area contributed by atoms with Crippen molar-refractivity contribution in [1.29, 1.82) is 0 Å². The van der Waals surface area contributed by atoms with Crippen LogP contribution in [0.4, 0.5) is 5.13 Å². The molecule has 1 amide bonds. The first kappa shape index (κ1) is 17.8. The van der Waals surface area contributed by atoms with Crippen LogP contribution in [0.3, 0.4) is 0 Å². The monoisotopic (exact) mass is 431 g/mol. The van der Waals surface area contributed by atoms with E-state index in [2.05, 4.69) is 26.2 Å². The molecule has 0 saturated carbocycles. The third-order valence-corrected chi connectivity index (χ3v) is 7.83. The summed E-state index contributed by atoms with van der Waals surface area (Å²) in [6.45, 7) is 3.06. The van der Waals surface area contributed by atoms with E-state index in [0.29, 0.717) is 30.2 Å². The summed E-state index contributed by atoms with van der Waals surface area (Å²) in [6, 6.07) is 4.91. The van der Waals surface area contributed by atoms with Gasteiger partial charge in [0.25, 0.3) is 0 Å². The SMILES string of the molecule is CCC(Br)C(=O)Nc1nc2ccc(S(=O)(=O)N3CCCC3)cc2s1. The quantitative estimate of drug-likeness (QED) is 0.736. The molecule has 1 fully saturated rings. The molecule has 24 heavy (non-hydrogen) atoms. The molecule has 2 heterocycles. The van der Waals surface area contributed by atoms with Gasteiger partial charge in [0, 0.05) is 13.1 Å². The van der Waals surface area contributed by atoms with Crippen molar-refractivity contribution in [3.63, 3.8) is 0 Å². The number of rotatable bonds is 5. The molecule has 130 valence electrons. The maximum Gasteiger partial charge on any atom is 0.243 e. The van der Waals surface area contributed by atoms with Gasteiger partial charge in [-0.1, -0.05) is 34.2 Å². The summed E-state index contributed by atoms with van der Waals surface area (Å²) in [6.07, 6.45) is 2.49. The van der Waals surface area contributed by atoms with E-state index in [1.165, 1.54) is 15.6 Å². The Morgan fingerprint density at radius 3 is 2.79 bits per heavy atom. The molecule has 3 rings (SSSR count). The highest BCUT2D eigenvalue weighted by Gasteiger charge is 2.27. The number of hydrogen-bond acceptors (Lipinski definition) is 5. The number of nitrogens with zero attached hydrogens (tertiary/aromatic N) is 2. The minimum absolute atomic E-state index is 0.151. The molecule has 0 bridgehead atoms. The zero-order valence-corrected chi connectivity index (χ0v) is 16.4. The molecule has 1 aromatic heterocycles. The van der Waals surface area contributed by atoms with Gasteiger partial charge in [0.2, 0.25) is 15.9 Å². The standard InChI is InChI=1S/C15H18BrN3O3S2/c1-2-11(16)14(20)18-15-17-12-6-5-10(9-13(12)23-15)24(21,22)19-7-3-4-8-19/h5-6,9,11H,2-4,7-8H2,1H3,(H,17,18,20). The highest BCUT2D eigenvalue weighted by atomic mass is 79.9. The van der Waals surface area contributed by atoms with Gasteiger partial charge in [-0.25, -0.2) is 13.4 Å². The normalized spacial score (nSPS) is 17.2. The Bertz CT molecular complexity index is 860. The second-order valence-electron chi connectivity index (χ2n) is 5.62. The van der Waals surface area contributed by atoms with Crippen LogP contribution in [0.2, 0.25) is 0 Å². The summed E-state index contributed by atoms with van der Waals surface area (Å²) in [5, 5.41) is 3.23. The Morgan fingerprint density at radius 1 is 1.42 bits per heavy atom. The lowest BCUT2D eigenvalue weighted by atomic mass is 10.3. The lowest BCUT2D eigenvalue weighted by molar-refractivity contribution is -0.115. The number of thiazole rings is 1. The molecule has 1 atom stereocenters. The third-order valence-electron chi connectivity index (χ3n) is 3.94. The van der Waals surface area contributed by atoms with Gasteiger partial charge in [0.05, 0.1) is 19.9 Å². The van der Waals surface area contributed by atoms with E-state index in [9.17, 15) is 13.2 Å². The van der Waals surface area contributed by atoms with Crippen LogP contribution in [-0.2, 0) is 14.8 Å². The van der Waals surface area contributed by atoms with Gasteiger partial charge in [-0.15, -0.1) is 0 Å². The lowest BCUT2D eigenvalue weighted by Gasteiger charge is -2.15. The minimum atomic E-state index is -3.44. The van der Waals surface area contributed by atoms with Crippen molar-refractivity contribution in [2.45, 2.75) is 35.9 Å². The van der Waals surface area contributed by atoms with Crippen molar-refractivity contribution in [2.75, 3.05) is 18.4 Å². The topological polar surface area (TPSA) is 79.4 Å². The van der Waals surface area contributed by atoms with Crippen LogP contribution in [0.25, 0.3) is 10.2 Å². The second-order valence-corrected chi connectivity index (χ2v) is 9.70. The van der Waals surface area contributed by atoms with Gasteiger partial charge in [-0.2, -0.15) is 4.31 Å². The van der Waals surface area contributed by atoms with Crippen molar-refractivity contribution in [2.24, 2.45) is 0 Å². The summed E-state index contributed by atoms with van der Waals surface area (Å²) < 4.78 is 27.5. The molecule has 1 aliphatic rings. The number of fused-ring (bicyclic) bond motifs is 1. The average Bonchev–Trinajstić information content (AvgIpc) is 3.22. The molecule has 6 nitrogen and oxygen atoms in total. The molecular formula is C15H18BrN3O3S2. The number of alkyl halides is 1. The highest BCUT2D eigenvalue weighted by molar-refractivity contribution is 9.10. The maximum absolute atomic E-state index is 12.6. The average molecular weight is 432 g/mol. The molecule has 0 spiro atoms. The number of carbonyl (C=O) groups excluding carboxylic acids is 1. The Kier molecular flexibility index (Phi) is 5.24. The Morgan fingerprint density at radius 2 is 2.12 bits per heavy atom. The molecule has 1 saturated heterocycles. The maximum atomic E-state index is 12.6. The number of aromatic nitrogens is 1. The van der Waals surface area contributed by atoms with Crippen LogP contribution < -0.4 is 5.32 Å². The fourth-order valence-corrected chi connectivity index (χ4v) is 5.21. The summed E-state index contributed by atoms with van der Waals surface area (Å²) in [7, 11) is -3.44. The highest BCUT2D eigenvalue weighted by Crippen LogP contribution is 2.30. The van der Waals surface area contributed by atoms with Crippen LogP contribution in [0.15, 0.2) is 23.1 Å². The summed E-state index contributed by atoms with van der Waals surface area (Å²) >= 11 is 4.58. The molecule has 1 N–H and O–H groups in total. The van der Waals surface area contributed by atoms with Crippen molar-refractivity contribution < 1.29 is 13.2 Å². The van der Waals surface area contributed by atoms with E-state index in [1.807, 2.05) is 6.92 Å². The fraction of sp³-hybridized carbons (Fsp3) is 0.467. The molecule has 1 unspecified atom stereocenters. The van der Waals surface area contributed by atoms with Crippen LogP contribution >= 0.6 is 27.3 Å². The molecule has 1 aliphatic heterocycles. The largest absolute Gasteiger partial charge is 0.301 e. The number of sulfonamides is 1. The first-order valence-electron chi connectivity index (χ1n) is 7.77.